The van der Waals surface area contributed by atoms with Gasteiger partial charge in [0.2, 0.25) is 0 Å². The number of halogens is 6. The van der Waals surface area contributed by atoms with E-state index in [0.29, 0.717) is 23.8 Å². The van der Waals surface area contributed by atoms with Gasteiger partial charge in [0.25, 0.3) is 0 Å². The Labute approximate surface area is 194 Å². The van der Waals surface area contributed by atoms with Gasteiger partial charge in [0.15, 0.2) is 0 Å². The van der Waals surface area contributed by atoms with Gasteiger partial charge in [-0.2, -0.15) is 26.3 Å². The van der Waals surface area contributed by atoms with Gasteiger partial charge in [-0.1, -0.05) is 6.07 Å². The number of nitrogens with zero attached hydrogens (tertiary/aromatic N) is 2. The van der Waals surface area contributed by atoms with E-state index < -0.39 is 48.2 Å². The highest BCUT2D eigenvalue weighted by Gasteiger charge is 2.37. The third-order valence-electron chi connectivity index (χ3n) is 5.07. The van der Waals surface area contributed by atoms with Gasteiger partial charge in [-0.05, 0) is 64.7 Å². The average molecular weight is 497 g/mol. The Morgan fingerprint density at radius 3 is 2.15 bits per heavy atom. The summed E-state index contributed by atoms with van der Waals surface area (Å²) in [4.78, 5) is 27.1. The minimum Gasteiger partial charge on any atom is -0.444 e. The minimum atomic E-state index is -4.70. The Kier molecular flexibility index (Phi) is 8.70. The number of hydrogen-bond acceptors (Lipinski definition) is 3. The van der Waals surface area contributed by atoms with Crippen LogP contribution in [0.5, 0.6) is 0 Å². The van der Waals surface area contributed by atoms with E-state index in [9.17, 15) is 35.9 Å². The van der Waals surface area contributed by atoms with Gasteiger partial charge in [-0.3, -0.25) is 0 Å². The number of alkyl halides is 6. The third-order valence-corrected chi connectivity index (χ3v) is 5.07. The zero-order valence-electron chi connectivity index (χ0n) is 19.2. The smallest absolute Gasteiger partial charge is 0.416 e. The summed E-state index contributed by atoms with van der Waals surface area (Å²) in [6, 6.07) is 1.78. The number of hydrogen-bond donors (Lipinski definition) is 1. The van der Waals surface area contributed by atoms with Gasteiger partial charge in [0.1, 0.15) is 12.1 Å². The van der Waals surface area contributed by atoms with E-state index in [-0.39, 0.29) is 31.6 Å². The molecule has 6 nitrogen and oxygen atoms in total. The molecule has 1 aliphatic rings. The van der Waals surface area contributed by atoms with E-state index in [1.54, 1.807) is 20.8 Å². The number of ether oxygens (including phenoxy) is 1. The van der Waals surface area contributed by atoms with Crippen molar-refractivity contribution >= 4 is 17.8 Å². The second-order valence-electron chi connectivity index (χ2n) is 9.16. The molecule has 1 aromatic carbocycles. The molecule has 0 aromatic heterocycles. The monoisotopic (exact) mass is 497 g/mol. The first-order chi connectivity index (χ1) is 15.5. The standard InChI is InChI=1S/C22H29F6N3O3/c1-20(2,3)34-19(33)30-11-5-9-17(10-6-12-30)31(14-21(23,24)25)18(32)29-16-8-4-7-15(13-16)22(26,27)28/h4,7-8,13,17H,5-6,9-12,14H2,1-3H3,(H,29,32). The number of benzene rings is 1. The molecule has 1 aliphatic heterocycles. The van der Waals surface area contributed by atoms with E-state index in [4.69, 9.17) is 4.74 Å². The normalized spacial score (nSPS) is 16.4. The lowest BCUT2D eigenvalue weighted by Crippen LogP contribution is -2.49. The Bertz CT molecular complexity index is 842. The molecule has 1 aromatic rings. The van der Waals surface area contributed by atoms with Crippen molar-refractivity contribution in [2.75, 3.05) is 25.0 Å². The molecule has 192 valence electrons. The fraction of sp³-hybridized carbons (Fsp3) is 0.636. The van der Waals surface area contributed by atoms with Crippen LogP contribution < -0.4 is 5.32 Å². The summed E-state index contributed by atoms with van der Waals surface area (Å²) in [6.07, 6.45) is -8.84. The zero-order chi connectivity index (χ0) is 25.7. The lowest BCUT2D eigenvalue weighted by molar-refractivity contribution is -0.144. The topological polar surface area (TPSA) is 61.9 Å². The molecule has 0 saturated carbocycles. The van der Waals surface area contributed by atoms with Crippen LogP contribution in [0.4, 0.5) is 41.6 Å². The molecule has 1 heterocycles. The quantitative estimate of drug-likeness (QED) is 0.500. The first-order valence-electron chi connectivity index (χ1n) is 10.8. The van der Waals surface area contributed by atoms with Gasteiger partial charge in [-0.25, -0.2) is 9.59 Å². The Morgan fingerprint density at radius 2 is 1.65 bits per heavy atom. The molecule has 0 unspecified atom stereocenters. The van der Waals surface area contributed by atoms with Crippen molar-refractivity contribution in [1.82, 2.24) is 9.80 Å². The highest BCUT2D eigenvalue weighted by molar-refractivity contribution is 5.89. The van der Waals surface area contributed by atoms with Crippen molar-refractivity contribution in [1.29, 1.82) is 0 Å². The third kappa shape index (κ3) is 8.94. The van der Waals surface area contributed by atoms with Gasteiger partial charge in [0, 0.05) is 24.8 Å². The van der Waals surface area contributed by atoms with Gasteiger partial charge in [-0.15, -0.1) is 0 Å². The van der Waals surface area contributed by atoms with Crippen LogP contribution in [-0.2, 0) is 10.9 Å². The largest absolute Gasteiger partial charge is 0.444 e. The highest BCUT2D eigenvalue weighted by Crippen LogP contribution is 2.31. The average Bonchev–Trinajstić information content (AvgIpc) is 2.63. The fourth-order valence-electron chi connectivity index (χ4n) is 3.64. The first kappa shape index (κ1) is 27.6. The van der Waals surface area contributed by atoms with Crippen molar-refractivity contribution in [2.24, 2.45) is 0 Å². The molecule has 0 radical (unpaired) electrons. The predicted molar refractivity (Wildman–Crippen MR) is 113 cm³/mol. The second-order valence-corrected chi connectivity index (χ2v) is 9.16. The molecule has 1 saturated heterocycles. The maximum absolute atomic E-state index is 13.2. The van der Waals surface area contributed by atoms with Crippen molar-refractivity contribution in [2.45, 2.75) is 70.4 Å². The van der Waals surface area contributed by atoms with E-state index in [1.165, 1.54) is 11.0 Å². The van der Waals surface area contributed by atoms with Gasteiger partial charge in [0.05, 0.1) is 5.56 Å². The second kappa shape index (κ2) is 10.7. The van der Waals surface area contributed by atoms with Crippen molar-refractivity contribution in [3.05, 3.63) is 29.8 Å². The summed E-state index contributed by atoms with van der Waals surface area (Å²) in [6.45, 7) is 4.13. The molecule has 2 rings (SSSR count). The fourth-order valence-corrected chi connectivity index (χ4v) is 3.64. The van der Waals surface area contributed by atoms with Crippen LogP contribution in [0, 0.1) is 0 Å². The number of likely N-dealkylation sites (tertiary alicyclic amines) is 1. The summed E-state index contributed by atoms with van der Waals surface area (Å²) in [7, 11) is 0. The molecule has 0 aliphatic carbocycles. The van der Waals surface area contributed by atoms with Crippen LogP contribution in [0.2, 0.25) is 0 Å². The van der Waals surface area contributed by atoms with Crippen LogP contribution in [0.15, 0.2) is 24.3 Å². The Morgan fingerprint density at radius 1 is 1.06 bits per heavy atom. The lowest BCUT2D eigenvalue weighted by Gasteiger charge is -2.36. The van der Waals surface area contributed by atoms with Crippen LogP contribution in [-0.4, -0.2) is 59.4 Å². The van der Waals surface area contributed by atoms with E-state index in [1.807, 2.05) is 0 Å². The predicted octanol–water partition coefficient (Wildman–Crippen LogP) is 6.28. The highest BCUT2D eigenvalue weighted by atomic mass is 19.4. The molecule has 0 atom stereocenters. The van der Waals surface area contributed by atoms with Gasteiger partial charge >= 0.3 is 24.5 Å². The Hall–Kier alpha value is -2.66. The van der Waals surface area contributed by atoms with Gasteiger partial charge < -0.3 is 19.9 Å². The number of nitrogens with one attached hydrogen (secondary N) is 1. The maximum Gasteiger partial charge on any atom is 0.416 e. The molecule has 1 fully saturated rings. The molecular weight excluding hydrogens is 468 g/mol. The molecule has 0 bridgehead atoms. The summed E-state index contributed by atoms with van der Waals surface area (Å²) in [5, 5.41) is 2.17. The SMILES string of the molecule is CC(C)(C)OC(=O)N1CCCC(N(CC(F)(F)F)C(=O)Nc2cccc(C(F)(F)F)c2)CCC1. The number of carbonyl (C=O) groups excluding carboxylic acids is 2. The molecule has 12 heteroatoms. The van der Waals surface area contributed by atoms with E-state index in [2.05, 4.69) is 5.32 Å². The Balaban J connectivity index is 2.11. The van der Waals surface area contributed by atoms with Crippen molar-refractivity contribution in [3.63, 3.8) is 0 Å². The number of anilines is 1. The molecular formula is C22H29F6N3O3. The number of rotatable bonds is 3. The number of urea groups is 1. The summed E-state index contributed by atoms with van der Waals surface area (Å²) in [5.74, 6) is 0. The first-order valence-corrected chi connectivity index (χ1v) is 10.8. The van der Waals surface area contributed by atoms with Crippen LogP contribution >= 0.6 is 0 Å². The van der Waals surface area contributed by atoms with E-state index >= 15 is 0 Å². The van der Waals surface area contributed by atoms with Crippen LogP contribution in [0.1, 0.15) is 52.0 Å². The minimum absolute atomic E-state index is 0.186. The molecule has 34 heavy (non-hydrogen) atoms. The summed E-state index contributed by atoms with van der Waals surface area (Å²) in [5.41, 5.74) is -1.97. The zero-order valence-corrected chi connectivity index (χ0v) is 19.2. The summed E-state index contributed by atoms with van der Waals surface area (Å²) >= 11 is 0. The maximum atomic E-state index is 13.2. The molecule has 0 spiro atoms. The van der Waals surface area contributed by atoms with Crippen LogP contribution in [0.25, 0.3) is 0 Å². The lowest BCUT2D eigenvalue weighted by atomic mass is 10.0. The molecule has 3 amide bonds. The molecule has 1 N–H and O–H groups in total. The van der Waals surface area contributed by atoms with E-state index in [0.717, 1.165) is 12.1 Å². The number of carbonyl (C=O) groups is 2. The summed E-state index contributed by atoms with van der Waals surface area (Å²) < 4.78 is 83.9. The van der Waals surface area contributed by atoms with Crippen molar-refractivity contribution < 1.29 is 40.7 Å². The van der Waals surface area contributed by atoms with Crippen molar-refractivity contribution in [3.8, 4) is 0 Å². The van der Waals surface area contributed by atoms with Crippen LogP contribution in [0.3, 0.4) is 0 Å². The number of amides is 3.